The zero-order valence-electron chi connectivity index (χ0n) is 15.3. The van der Waals surface area contributed by atoms with Crippen LogP contribution < -0.4 is 4.90 Å². The molecular formula is C21H27N5. The summed E-state index contributed by atoms with van der Waals surface area (Å²) in [6, 6.07) is 9.06. The van der Waals surface area contributed by atoms with E-state index in [0.29, 0.717) is 5.41 Å². The molecule has 0 amide bonds. The van der Waals surface area contributed by atoms with Gasteiger partial charge in [0.15, 0.2) is 5.82 Å². The summed E-state index contributed by atoms with van der Waals surface area (Å²) in [5.74, 6) is 1.02. The normalized spacial score (nSPS) is 23.3. The van der Waals surface area contributed by atoms with Crippen molar-refractivity contribution in [2.24, 2.45) is 5.41 Å². The number of hydrogen-bond acceptors (Lipinski definition) is 5. The summed E-state index contributed by atoms with van der Waals surface area (Å²) in [6.45, 7) is 4.85. The van der Waals surface area contributed by atoms with Gasteiger partial charge in [-0.25, -0.2) is 0 Å². The molecule has 3 fully saturated rings. The average molecular weight is 349 g/mol. The van der Waals surface area contributed by atoms with Crippen molar-refractivity contribution in [2.45, 2.75) is 44.6 Å². The summed E-state index contributed by atoms with van der Waals surface area (Å²) in [5.41, 5.74) is 2.42. The zero-order chi connectivity index (χ0) is 17.4. The number of piperidine rings is 1. The molecule has 5 nitrogen and oxygen atoms in total. The molecule has 2 saturated heterocycles. The second-order valence-electron chi connectivity index (χ2n) is 8.31. The number of nitrogens with zero attached hydrogens (tertiary/aromatic N) is 5. The van der Waals surface area contributed by atoms with E-state index in [1.54, 1.807) is 6.20 Å². The fourth-order valence-corrected chi connectivity index (χ4v) is 4.82. The Kier molecular flexibility index (Phi) is 4.12. The number of hydrogen-bond donors (Lipinski definition) is 0. The molecule has 2 aromatic heterocycles. The van der Waals surface area contributed by atoms with Crippen LogP contribution in [0.2, 0.25) is 0 Å². The van der Waals surface area contributed by atoms with E-state index in [0.717, 1.165) is 36.2 Å². The highest BCUT2D eigenvalue weighted by Gasteiger charge is 2.42. The fraction of sp³-hybridized carbons (Fsp3) is 0.571. The molecule has 1 aliphatic carbocycles. The molecule has 1 saturated carbocycles. The van der Waals surface area contributed by atoms with Crippen LogP contribution in [0.1, 0.15) is 38.5 Å². The van der Waals surface area contributed by atoms with Gasteiger partial charge in [-0.15, -0.1) is 10.2 Å². The monoisotopic (exact) mass is 349 g/mol. The van der Waals surface area contributed by atoms with Gasteiger partial charge in [0.05, 0.1) is 5.69 Å². The summed E-state index contributed by atoms with van der Waals surface area (Å²) in [6.07, 6.45) is 11.9. The SMILES string of the molecule is c1cncc(-c2ccc(N3CCC4(CCN(C5CCC5)CC4)C3)nn2)c1. The highest BCUT2D eigenvalue weighted by molar-refractivity contribution is 5.58. The lowest BCUT2D eigenvalue weighted by atomic mass is 9.76. The van der Waals surface area contributed by atoms with Crippen molar-refractivity contribution < 1.29 is 0 Å². The van der Waals surface area contributed by atoms with E-state index in [1.807, 2.05) is 18.3 Å². The van der Waals surface area contributed by atoms with E-state index in [9.17, 15) is 0 Å². The van der Waals surface area contributed by atoms with Crippen LogP contribution in [-0.4, -0.2) is 52.3 Å². The summed E-state index contributed by atoms with van der Waals surface area (Å²) >= 11 is 0. The van der Waals surface area contributed by atoms with Gasteiger partial charge in [-0.3, -0.25) is 4.98 Å². The summed E-state index contributed by atoms with van der Waals surface area (Å²) in [7, 11) is 0. The molecule has 0 aromatic carbocycles. The molecule has 5 rings (SSSR count). The molecular weight excluding hydrogens is 322 g/mol. The number of rotatable bonds is 3. The van der Waals surface area contributed by atoms with Gasteiger partial charge in [0.2, 0.25) is 0 Å². The van der Waals surface area contributed by atoms with Crippen molar-refractivity contribution in [3.05, 3.63) is 36.7 Å². The van der Waals surface area contributed by atoms with Crippen LogP contribution in [0, 0.1) is 5.41 Å². The smallest absolute Gasteiger partial charge is 0.151 e. The lowest BCUT2D eigenvalue weighted by Crippen LogP contribution is -2.48. The lowest BCUT2D eigenvalue weighted by molar-refractivity contribution is 0.0524. The summed E-state index contributed by atoms with van der Waals surface area (Å²) in [4.78, 5) is 9.36. The van der Waals surface area contributed by atoms with Crippen molar-refractivity contribution in [2.75, 3.05) is 31.1 Å². The fourth-order valence-electron chi connectivity index (χ4n) is 4.82. The quantitative estimate of drug-likeness (QED) is 0.850. The summed E-state index contributed by atoms with van der Waals surface area (Å²) < 4.78 is 0. The molecule has 0 atom stereocenters. The number of anilines is 1. The van der Waals surface area contributed by atoms with Gasteiger partial charge in [-0.05, 0) is 74.9 Å². The third-order valence-electron chi connectivity index (χ3n) is 6.82. The first-order valence-electron chi connectivity index (χ1n) is 10.0. The second-order valence-corrected chi connectivity index (χ2v) is 8.31. The van der Waals surface area contributed by atoms with E-state index < -0.39 is 0 Å². The van der Waals surface area contributed by atoms with Crippen LogP contribution in [0.3, 0.4) is 0 Å². The van der Waals surface area contributed by atoms with E-state index in [-0.39, 0.29) is 0 Å². The maximum absolute atomic E-state index is 4.52. The molecule has 26 heavy (non-hydrogen) atoms. The minimum atomic E-state index is 0.504. The number of likely N-dealkylation sites (tertiary alicyclic amines) is 1. The maximum atomic E-state index is 4.52. The Bertz CT molecular complexity index is 733. The second kappa shape index (κ2) is 6.62. The molecule has 3 aliphatic rings. The van der Waals surface area contributed by atoms with Crippen molar-refractivity contribution in [3.8, 4) is 11.3 Å². The van der Waals surface area contributed by atoms with Crippen molar-refractivity contribution in [1.29, 1.82) is 0 Å². The molecule has 0 unspecified atom stereocenters. The molecule has 4 heterocycles. The first-order valence-corrected chi connectivity index (χ1v) is 10.0. The molecule has 136 valence electrons. The standard InChI is InChI=1S/C21H27N5/c1-4-18(5-1)25-12-8-21(9-13-25)10-14-26(16-21)20-7-6-19(23-24-20)17-3-2-11-22-15-17/h2-3,6-7,11,15,18H,1,4-5,8-10,12-14,16H2. The van der Waals surface area contributed by atoms with Crippen molar-refractivity contribution in [3.63, 3.8) is 0 Å². The van der Waals surface area contributed by atoms with Crippen LogP contribution in [0.15, 0.2) is 36.7 Å². The highest BCUT2D eigenvalue weighted by Crippen LogP contribution is 2.43. The Balaban J connectivity index is 1.23. The molecule has 0 bridgehead atoms. The van der Waals surface area contributed by atoms with Crippen molar-refractivity contribution in [1.82, 2.24) is 20.1 Å². The Morgan fingerprint density at radius 3 is 2.46 bits per heavy atom. The van der Waals surface area contributed by atoms with Gasteiger partial charge in [-0.1, -0.05) is 6.42 Å². The maximum Gasteiger partial charge on any atom is 0.151 e. The highest BCUT2D eigenvalue weighted by atomic mass is 15.3. The van der Waals surface area contributed by atoms with E-state index in [4.69, 9.17) is 0 Å². The predicted molar refractivity (Wildman–Crippen MR) is 103 cm³/mol. The summed E-state index contributed by atoms with van der Waals surface area (Å²) in [5, 5.41) is 8.96. The van der Waals surface area contributed by atoms with Gasteiger partial charge in [-0.2, -0.15) is 0 Å². The minimum absolute atomic E-state index is 0.504. The third kappa shape index (κ3) is 2.98. The first kappa shape index (κ1) is 16.2. The number of aromatic nitrogens is 3. The van der Waals surface area contributed by atoms with Crippen LogP contribution in [-0.2, 0) is 0 Å². The molecule has 5 heteroatoms. The third-order valence-corrected chi connectivity index (χ3v) is 6.82. The van der Waals surface area contributed by atoms with E-state index in [1.165, 1.54) is 51.6 Å². The van der Waals surface area contributed by atoms with E-state index in [2.05, 4.69) is 37.1 Å². The van der Waals surface area contributed by atoms with Crippen LogP contribution >= 0.6 is 0 Å². The molecule has 0 radical (unpaired) electrons. The Morgan fingerprint density at radius 1 is 0.962 bits per heavy atom. The topological polar surface area (TPSA) is 45.2 Å². The molecule has 0 N–H and O–H groups in total. The zero-order valence-corrected chi connectivity index (χ0v) is 15.3. The predicted octanol–water partition coefficient (Wildman–Crippen LogP) is 3.38. The van der Waals surface area contributed by atoms with Crippen LogP contribution in [0.5, 0.6) is 0 Å². The largest absolute Gasteiger partial charge is 0.355 e. The van der Waals surface area contributed by atoms with Gasteiger partial charge in [0, 0.05) is 37.1 Å². The molecule has 2 aliphatic heterocycles. The Morgan fingerprint density at radius 2 is 1.81 bits per heavy atom. The van der Waals surface area contributed by atoms with E-state index >= 15 is 0 Å². The van der Waals surface area contributed by atoms with Crippen LogP contribution in [0.25, 0.3) is 11.3 Å². The van der Waals surface area contributed by atoms with Gasteiger partial charge < -0.3 is 9.80 Å². The average Bonchev–Trinajstić information content (AvgIpc) is 3.07. The first-order chi connectivity index (χ1) is 12.8. The van der Waals surface area contributed by atoms with Gasteiger partial charge in [0.1, 0.15) is 0 Å². The molecule has 2 aromatic rings. The minimum Gasteiger partial charge on any atom is -0.355 e. The molecule has 1 spiro atoms. The Hall–Kier alpha value is -2.01. The Labute approximate surface area is 155 Å². The van der Waals surface area contributed by atoms with Gasteiger partial charge >= 0.3 is 0 Å². The number of pyridine rings is 1. The van der Waals surface area contributed by atoms with Gasteiger partial charge in [0.25, 0.3) is 0 Å². The lowest BCUT2D eigenvalue weighted by Gasteiger charge is -2.45. The van der Waals surface area contributed by atoms with Crippen LogP contribution in [0.4, 0.5) is 5.82 Å². The van der Waals surface area contributed by atoms with Crippen molar-refractivity contribution >= 4 is 5.82 Å².